The third-order valence-electron chi connectivity index (χ3n) is 1.71. The molecular formula is C12H24OSi. The topological polar surface area (TPSA) is 9.23 Å². The maximum absolute atomic E-state index is 6.01. The van der Waals surface area contributed by atoms with Gasteiger partial charge in [0.2, 0.25) is 0 Å². The van der Waals surface area contributed by atoms with Gasteiger partial charge >= 0.3 is 0 Å². The van der Waals surface area contributed by atoms with Crippen molar-refractivity contribution >= 4 is 8.32 Å². The summed E-state index contributed by atoms with van der Waals surface area (Å²) in [7, 11) is -1.42. The third-order valence-corrected chi connectivity index (χ3v) is 2.72. The molecule has 0 aliphatic rings. The molecule has 1 atom stereocenters. The average Bonchev–Trinajstić information content (AvgIpc) is 2.02. The summed E-state index contributed by atoms with van der Waals surface area (Å²) in [5, 5.41) is 0. The Hall–Kier alpha value is -0.343. The highest BCUT2D eigenvalue weighted by Gasteiger charge is 2.18. The SMILES string of the molecule is C=CCC(C=CCCC)O[Si](C)(C)C. The van der Waals surface area contributed by atoms with Gasteiger partial charge in [0.25, 0.3) is 0 Å². The highest BCUT2D eigenvalue weighted by molar-refractivity contribution is 6.69. The van der Waals surface area contributed by atoms with E-state index in [1.165, 1.54) is 6.42 Å². The molecule has 0 radical (unpaired) electrons. The molecular weight excluding hydrogens is 188 g/mol. The predicted molar refractivity (Wildman–Crippen MR) is 67.1 cm³/mol. The molecule has 0 bridgehead atoms. The van der Waals surface area contributed by atoms with Crippen molar-refractivity contribution in [2.75, 3.05) is 0 Å². The van der Waals surface area contributed by atoms with E-state index in [2.05, 4.69) is 45.3 Å². The van der Waals surface area contributed by atoms with Gasteiger partial charge in [0.1, 0.15) is 0 Å². The lowest BCUT2D eigenvalue weighted by Gasteiger charge is -2.23. The summed E-state index contributed by atoms with van der Waals surface area (Å²) in [6.07, 6.45) is 9.83. The van der Waals surface area contributed by atoms with E-state index in [0.717, 1.165) is 12.8 Å². The minimum Gasteiger partial charge on any atom is -0.411 e. The molecule has 0 saturated carbocycles. The molecule has 82 valence electrons. The number of hydrogen-bond acceptors (Lipinski definition) is 1. The molecule has 0 aromatic carbocycles. The Morgan fingerprint density at radius 3 is 2.43 bits per heavy atom. The van der Waals surface area contributed by atoms with Gasteiger partial charge in [-0.05, 0) is 32.5 Å². The second-order valence-electron chi connectivity index (χ2n) is 4.51. The second kappa shape index (κ2) is 7.02. The molecule has 1 unspecified atom stereocenters. The van der Waals surface area contributed by atoms with Gasteiger partial charge in [0.15, 0.2) is 8.32 Å². The fourth-order valence-corrected chi connectivity index (χ4v) is 2.28. The fourth-order valence-electron chi connectivity index (χ4n) is 1.20. The summed E-state index contributed by atoms with van der Waals surface area (Å²) >= 11 is 0. The molecule has 0 aromatic rings. The van der Waals surface area contributed by atoms with Crippen molar-refractivity contribution < 1.29 is 4.43 Å². The van der Waals surface area contributed by atoms with Crippen LogP contribution in [0.25, 0.3) is 0 Å². The standard InChI is InChI=1S/C12H24OSi/c1-6-8-9-11-12(10-7-2)13-14(3,4)5/h7,9,11-12H,2,6,8,10H2,1,3-5H3. The molecule has 0 aliphatic heterocycles. The molecule has 14 heavy (non-hydrogen) atoms. The van der Waals surface area contributed by atoms with Crippen molar-refractivity contribution in [2.45, 2.75) is 51.9 Å². The van der Waals surface area contributed by atoms with Gasteiger partial charge in [-0.25, -0.2) is 0 Å². The van der Waals surface area contributed by atoms with E-state index in [4.69, 9.17) is 4.43 Å². The molecule has 0 N–H and O–H groups in total. The van der Waals surface area contributed by atoms with Crippen LogP contribution in [0.5, 0.6) is 0 Å². The van der Waals surface area contributed by atoms with Crippen molar-refractivity contribution in [1.29, 1.82) is 0 Å². The minimum absolute atomic E-state index is 0.241. The molecule has 2 heteroatoms. The van der Waals surface area contributed by atoms with E-state index < -0.39 is 8.32 Å². The van der Waals surface area contributed by atoms with Crippen LogP contribution < -0.4 is 0 Å². The van der Waals surface area contributed by atoms with Gasteiger partial charge in [0.05, 0.1) is 6.10 Å². The highest BCUT2D eigenvalue weighted by atomic mass is 28.4. The zero-order chi connectivity index (χ0) is 11.0. The predicted octanol–water partition coefficient (Wildman–Crippen LogP) is 4.14. The summed E-state index contributed by atoms with van der Waals surface area (Å²) in [6.45, 7) is 12.6. The van der Waals surface area contributed by atoms with Crippen molar-refractivity contribution in [3.05, 3.63) is 24.8 Å². The Kier molecular flexibility index (Phi) is 6.84. The van der Waals surface area contributed by atoms with E-state index in [9.17, 15) is 0 Å². The minimum atomic E-state index is -1.42. The molecule has 0 fully saturated rings. The van der Waals surface area contributed by atoms with E-state index in [1.807, 2.05) is 6.08 Å². The van der Waals surface area contributed by atoms with Crippen LogP contribution in [0, 0.1) is 0 Å². The third kappa shape index (κ3) is 8.26. The monoisotopic (exact) mass is 212 g/mol. The van der Waals surface area contributed by atoms with E-state index in [1.54, 1.807) is 0 Å². The first-order valence-electron chi connectivity index (χ1n) is 5.45. The number of allylic oxidation sites excluding steroid dienone is 1. The van der Waals surface area contributed by atoms with Gasteiger partial charge in [-0.3, -0.25) is 0 Å². The number of rotatable bonds is 7. The second-order valence-corrected chi connectivity index (χ2v) is 8.97. The highest BCUT2D eigenvalue weighted by Crippen LogP contribution is 2.12. The van der Waals surface area contributed by atoms with Gasteiger partial charge in [-0.1, -0.05) is 31.6 Å². The first-order chi connectivity index (χ1) is 6.49. The van der Waals surface area contributed by atoms with Crippen LogP contribution in [0.15, 0.2) is 24.8 Å². The Bertz CT molecular complexity index is 179. The van der Waals surface area contributed by atoms with Crippen molar-refractivity contribution in [1.82, 2.24) is 0 Å². The van der Waals surface area contributed by atoms with E-state index >= 15 is 0 Å². The average molecular weight is 212 g/mol. The molecule has 0 spiro atoms. The Morgan fingerprint density at radius 2 is 2.00 bits per heavy atom. The van der Waals surface area contributed by atoms with Crippen LogP contribution in [0.2, 0.25) is 19.6 Å². The zero-order valence-electron chi connectivity index (χ0n) is 10.0. The molecule has 0 aromatic heterocycles. The molecule has 0 aliphatic carbocycles. The summed E-state index contributed by atoms with van der Waals surface area (Å²) in [5.41, 5.74) is 0. The normalized spacial score (nSPS) is 14.6. The molecule has 0 amide bonds. The molecule has 0 saturated heterocycles. The molecule has 0 heterocycles. The largest absolute Gasteiger partial charge is 0.411 e. The quantitative estimate of drug-likeness (QED) is 0.455. The van der Waals surface area contributed by atoms with Crippen LogP contribution in [0.4, 0.5) is 0 Å². The van der Waals surface area contributed by atoms with E-state index in [-0.39, 0.29) is 6.10 Å². The first kappa shape index (κ1) is 13.7. The van der Waals surface area contributed by atoms with Crippen LogP contribution in [0.3, 0.4) is 0 Å². The van der Waals surface area contributed by atoms with Crippen LogP contribution in [-0.2, 0) is 4.43 Å². The first-order valence-corrected chi connectivity index (χ1v) is 8.85. The van der Waals surface area contributed by atoms with Crippen molar-refractivity contribution in [3.63, 3.8) is 0 Å². The molecule has 0 rings (SSSR count). The lowest BCUT2D eigenvalue weighted by molar-refractivity contribution is 0.245. The van der Waals surface area contributed by atoms with E-state index in [0.29, 0.717) is 0 Å². The van der Waals surface area contributed by atoms with Crippen LogP contribution in [-0.4, -0.2) is 14.4 Å². The lowest BCUT2D eigenvalue weighted by atomic mass is 10.2. The molecule has 1 nitrogen and oxygen atoms in total. The van der Waals surface area contributed by atoms with Crippen LogP contribution >= 0.6 is 0 Å². The maximum Gasteiger partial charge on any atom is 0.184 e. The van der Waals surface area contributed by atoms with Gasteiger partial charge in [-0.2, -0.15) is 0 Å². The maximum atomic E-state index is 6.01. The summed E-state index contributed by atoms with van der Waals surface area (Å²) in [4.78, 5) is 0. The number of unbranched alkanes of at least 4 members (excludes halogenated alkanes) is 1. The Morgan fingerprint density at radius 1 is 1.36 bits per heavy atom. The summed E-state index contributed by atoms with van der Waals surface area (Å²) < 4.78 is 6.01. The zero-order valence-corrected chi connectivity index (χ0v) is 11.0. The van der Waals surface area contributed by atoms with Gasteiger partial charge in [-0.15, -0.1) is 6.58 Å². The summed E-state index contributed by atoms with van der Waals surface area (Å²) in [5.74, 6) is 0. The fraction of sp³-hybridized carbons (Fsp3) is 0.667. The summed E-state index contributed by atoms with van der Waals surface area (Å²) in [6, 6.07) is 0. The lowest BCUT2D eigenvalue weighted by Crippen LogP contribution is -2.30. The van der Waals surface area contributed by atoms with Crippen molar-refractivity contribution in [3.8, 4) is 0 Å². The smallest absolute Gasteiger partial charge is 0.184 e. The Balaban J connectivity index is 4.08. The Labute approximate surface area is 90.0 Å². The van der Waals surface area contributed by atoms with Crippen molar-refractivity contribution in [2.24, 2.45) is 0 Å². The van der Waals surface area contributed by atoms with Crippen LogP contribution in [0.1, 0.15) is 26.2 Å². The number of hydrogen-bond donors (Lipinski definition) is 0. The van der Waals surface area contributed by atoms with Gasteiger partial charge < -0.3 is 4.43 Å². The van der Waals surface area contributed by atoms with Gasteiger partial charge in [0, 0.05) is 0 Å².